The van der Waals surface area contributed by atoms with Crippen molar-refractivity contribution in [3.63, 3.8) is 0 Å². The van der Waals surface area contributed by atoms with Crippen LogP contribution in [0.15, 0.2) is 12.7 Å². The Bertz CT molecular complexity index is 422. The van der Waals surface area contributed by atoms with Crippen LogP contribution in [0.3, 0.4) is 0 Å². The summed E-state index contributed by atoms with van der Waals surface area (Å²) in [6.07, 6.45) is 1.94. The van der Waals surface area contributed by atoms with Crippen LogP contribution in [0.5, 0.6) is 0 Å². The van der Waals surface area contributed by atoms with Gasteiger partial charge in [0.2, 0.25) is 0 Å². The van der Waals surface area contributed by atoms with E-state index < -0.39 is 11.2 Å². The van der Waals surface area contributed by atoms with E-state index in [2.05, 4.69) is 27.4 Å². The maximum absolute atomic E-state index is 12.0. The Morgan fingerprint density at radius 2 is 1.78 bits per heavy atom. The molecule has 1 aliphatic heterocycles. The summed E-state index contributed by atoms with van der Waals surface area (Å²) in [4.78, 5) is 12.0. The molecule has 4 nitrogen and oxygen atoms in total. The first kappa shape index (κ1) is 20.2. The lowest BCUT2D eigenvalue weighted by atomic mass is 9.82. The Balaban J connectivity index is 2.79. The first-order chi connectivity index (χ1) is 10.4. The van der Waals surface area contributed by atoms with Gasteiger partial charge in [0, 0.05) is 17.8 Å². The van der Waals surface area contributed by atoms with E-state index in [1.165, 1.54) is 0 Å². The SMILES string of the molecule is C=C[C@H](C)[C@@H]1OC(C)(C)O[C@@H]([C@@H](C)COC(=O)C(C)(C)C)[C@@H]1C. The molecule has 0 unspecified atom stereocenters. The second-order valence-electron chi connectivity index (χ2n) is 8.34. The van der Waals surface area contributed by atoms with E-state index in [0.717, 1.165) is 0 Å². The maximum atomic E-state index is 12.0. The maximum Gasteiger partial charge on any atom is 0.311 e. The number of ether oxygens (including phenoxy) is 3. The summed E-state index contributed by atoms with van der Waals surface area (Å²) in [6.45, 7) is 20.0. The van der Waals surface area contributed by atoms with Crippen molar-refractivity contribution in [3.05, 3.63) is 12.7 Å². The van der Waals surface area contributed by atoms with Crippen molar-refractivity contribution in [2.75, 3.05) is 6.61 Å². The van der Waals surface area contributed by atoms with Gasteiger partial charge >= 0.3 is 5.97 Å². The van der Waals surface area contributed by atoms with Crippen molar-refractivity contribution in [2.24, 2.45) is 23.2 Å². The molecule has 0 spiro atoms. The summed E-state index contributed by atoms with van der Waals surface area (Å²) in [7, 11) is 0. The van der Waals surface area contributed by atoms with E-state index in [-0.39, 0.29) is 35.9 Å². The molecule has 0 aromatic carbocycles. The zero-order valence-corrected chi connectivity index (χ0v) is 16.0. The van der Waals surface area contributed by atoms with E-state index in [1.807, 2.05) is 40.7 Å². The van der Waals surface area contributed by atoms with Crippen LogP contribution < -0.4 is 0 Å². The zero-order valence-electron chi connectivity index (χ0n) is 16.0. The zero-order chi connectivity index (χ0) is 18.0. The molecule has 1 saturated heterocycles. The minimum Gasteiger partial charge on any atom is -0.465 e. The van der Waals surface area contributed by atoms with Gasteiger partial charge < -0.3 is 14.2 Å². The highest BCUT2D eigenvalue weighted by atomic mass is 16.7. The normalized spacial score (nSPS) is 30.3. The van der Waals surface area contributed by atoms with Crippen LogP contribution in [0.2, 0.25) is 0 Å². The quantitative estimate of drug-likeness (QED) is 0.561. The van der Waals surface area contributed by atoms with E-state index in [9.17, 15) is 4.79 Å². The van der Waals surface area contributed by atoms with Crippen molar-refractivity contribution in [1.82, 2.24) is 0 Å². The fourth-order valence-electron chi connectivity index (χ4n) is 2.96. The summed E-state index contributed by atoms with van der Waals surface area (Å²) in [5, 5.41) is 0. The molecule has 1 rings (SSSR count). The summed E-state index contributed by atoms with van der Waals surface area (Å²) >= 11 is 0. The third-order valence-electron chi connectivity index (χ3n) is 4.42. The van der Waals surface area contributed by atoms with Gasteiger partial charge in [-0.2, -0.15) is 0 Å². The van der Waals surface area contributed by atoms with Crippen molar-refractivity contribution < 1.29 is 19.0 Å². The molecule has 0 aromatic heterocycles. The van der Waals surface area contributed by atoms with Crippen molar-refractivity contribution >= 4 is 5.97 Å². The third-order valence-corrected chi connectivity index (χ3v) is 4.42. The average molecular weight is 326 g/mol. The van der Waals surface area contributed by atoms with Crippen LogP contribution >= 0.6 is 0 Å². The van der Waals surface area contributed by atoms with Gasteiger partial charge in [0.25, 0.3) is 0 Å². The van der Waals surface area contributed by atoms with Crippen LogP contribution in [0.1, 0.15) is 55.4 Å². The van der Waals surface area contributed by atoms with Gasteiger partial charge in [0.05, 0.1) is 24.2 Å². The molecule has 1 fully saturated rings. The minimum absolute atomic E-state index is 0.0288. The van der Waals surface area contributed by atoms with Crippen molar-refractivity contribution in [3.8, 4) is 0 Å². The molecule has 1 heterocycles. The molecular weight excluding hydrogens is 292 g/mol. The van der Waals surface area contributed by atoms with Crippen LogP contribution in [0.25, 0.3) is 0 Å². The highest BCUT2D eigenvalue weighted by Gasteiger charge is 2.44. The highest BCUT2D eigenvalue weighted by Crippen LogP contribution is 2.37. The molecule has 23 heavy (non-hydrogen) atoms. The van der Waals surface area contributed by atoms with Gasteiger partial charge in [-0.3, -0.25) is 4.79 Å². The summed E-state index contributed by atoms with van der Waals surface area (Å²) in [5.74, 6) is -0.306. The molecule has 0 aromatic rings. The van der Waals surface area contributed by atoms with Crippen molar-refractivity contribution in [2.45, 2.75) is 73.4 Å². The molecule has 0 bridgehead atoms. The first-order valence-electron chi connectivity index (χ1n) is 8.54. The van der Waals surface area contributed by atoms with Gasteiger partial charge in [-0.25, -0.2) is 0 Å². The second kappa shape index (κ2) is 7.35. The smallest absolute Gasteiger partial charge is 0.311 e. The standard InChI is InChI=1S/C19H34O4/c1-10-12(2)15-14(4)16(23-19(8,9)22-15)13(3)11-21-17(20)18(5,6)7/h10,12-16H,1,11H2,2-9H3/t12-,13-,14+,15-,16-/m0/s1. The summed E-state index contributed by atoms with van der Waals surface area (Å²) in [6, 6.07) is 0. The monoisotopic (exact) mass is 326 g/mol. The molecule has 4 heteroatoms. The van der Waals surface area contributed by atoms with Crippen LogP contribution in [-0.4, -0.2) is 30.6 Å². The number of carbonyl (C=O) groups excluding carboxylic acids is 1. The molecule has 1 aliphatic rings. The molecule has 0 aliphatic carbocycles. The largest absolute Gasteiger partial charge is 0.465 e. The molecule has 0 N–H and O–H groups in total. The Hall–Kier alpha value is -0.870. The number of carbonyl (C=O) groups is 1. The van der Waals surface area contributed by atoms with Crippen molar-refractivity contribution in [1.29, 1.82) is 0 Å². The van der Waals surface area contributed by atoms with Gasteiger partial charge in [0.1, 0.15) is 0 Å². The van der Waals surface area contributed by atoms with Gasteiger partial charge in [-0.15, -0.1) is 6.58 Å². The Morgan fingerprint density at radius 3 is 2.26 bits per heavy atom. The Kier molecular flexibility index (Phi) is 6.45. The van der Waals surface area contributed by atoms with E-state index >= 15 is 0 Å². The van der Waals surface area contributed by atoms with Gasteiger partial charge in [0.15, 0.2) is 5.79 Å². The van der Waals surface area contributed by atoms with Crippen LogP contribution in [0, 0.1) is 23.2 Å². The molecule has 0 saturated carbocycles. The predicted octanol–water partition coefficient (Wildman–Crippen LogP) is 4.19. The fourth-order valence-corrected chi connectivity index (χ4v) is 2.96. The lowest BCUT2D eigenvalue weighted by molar-refractivity contribution is -0.333. The van der Waals surface area contributed by atoms with Crippen LogP contribution in [0.4, 0.5) is 0 Å². The molecular formula is C19H34O4. The lowest BCUT2D eigenvalue weighted by Gasteiger charge is -2.48. The average Bonchev–Trinajstić information content (AvgIpc) is 2.44. The lowest BCUT2D eigenvalue weighted by Crippen LogP contribution is -2.54. The topological polar surface area (TPSA) is 44.8 Å². The number of rotatable bonds is 5. The number of esters is 1. The number of hydrogen-bond donors (Lipinski definition) is 0. The first-order valence-corrected chi connectivity index (χ1v) is 8.54. The molecule has 134 valence electrons. The molecule has 5 atom stereocenters. The second-order valence-corrected chi connectivity index (χ2v) is 8.34. The Morgan fingerprint density at radius 1 is 1.26 bits per heavy atom. The van der Waals surface area contributed by atoms with E-state index in [1.54, 1.807) is 0 Å². The summed E-state index contributed by atoms with van der Waals surface area (Å²) in [5.41, 5.74) is -0.485. The van der Waals surface area contributed by atoms with Gasteiger partial charge in [-0.1, -0.05) is 26.8 Å². The van der Waals surface area contributed by atoms with E-state index in [4.69, 9.17) is 14.2 Å². The number of hydrogen-bond acceptors (Lipinski definition) is 4. The predicted molar refractivity (Wildman–Crippen MR) is 91.9 cm³/mol. The molecule has 0 radical (unpaired) electrons. The van der Waals surface area contributed by atoms with E-state index in [0.29, 0.717) is 6.61 Å². The fraction of sp³-hybridized carbons (Fsp3) is 0.842. The summed E-state index contributed by atoms with van der Waals surface area (Å²) < 4.78 is 17.7. The third kappa shape index (κ3) is 5.32. The minimum atomic E-state index is -0.651. The molecule has 0 amide bonds. The Labute approximate surface area is 141 Å². The highest BCUT2D eigenvalue weighted by molar-refractivity contribution is 5.75. The van der Waals surface area contributed by atoms with Gasteiger partial charge in [-0.05, 0) is 34.6 Å². The van der Waals surface area contributed by atoms with Crippen LogP contribution in [-0.2, 0) is 19.0 Å².